The highest BCUT2D eigenvalue weighted by atomic mass is 16.4. The molecule has 0 spiro atoms. The van der Waals surface area contributed by atoms with Crippen molar-refractivity contribution in [2.75, 3.05) is 0 Å². The summed E-state index contributed by atoms with van der Waals surface area (Å²) >= 11 is 0. The topological polar surface area (TPSA) is 133 Å². The highest BCUT2D eigenvalue weighted by Gasteiger charge is 2.48. The summed E-state index contributed by atoms with van der Waals surface area (Å²) in [6, 6.07) is -2.83. The van der Waals surface area contributed by atoms with E-state index in [4.69, 9.17) is 15.9 Å². The van der Waals surface area contributed by atoms with Crippen molar-refractivity contribution in [1.29, 1.82) is 0 Å². The maximum absolute atomic E-state index is 11.0. The van der Waals surface area contributed by atoms with Gasteiger partial charge in [0.15, 0.2) is 5.78 Å². The smallest absolute Gasteiger partial charge is 0.183 e. The van der Waals surface area contributed by atoms with Gasteiger partial charge in [0, 0.05) is 0 Å². The highest BCUT2D eigenvalue weighted by Crippen LogP contribution is 2.19. The molecule has 0 aromatic heterocycles. The normalized spacial score (nSPS) is 46.2. The minimum atomic E-state index is -1.75. The van der Waals surface area contributed by atoms with Crippen molar-refractivity contribution in [3.63, 3.8) is 0 Å². The van der Waals surface area contributed by atoms with E-state index in [0.717, 1.165) is 0 Å². The second kappa shape index (κ2) is 3.46. The number of Topliss-reactive ketones (excluding diaryl/α,β-unsaturated/α-hetero) is 1. The first kappa shape index (κ1) is 10.2. The summed E-state index contributed by atoms with van der Waals surface area (Å²) in [5, 5.41) is 29.8. The number of hydrogen-bond donors (Lipinski definition) is 4. The zero-order chi connectivity index (χ0) is 10.2. The summed E-state index contributed by atoms with van der Waals surface area (Å²) < 4.78 is 0. The second-order valence-corrected chi connectivity index (χ2v) is 2.95. The van der Waals surface area contributed by atoms with Crippen LogP contribution >= 0.6 is 0 Å². The first-order valence-corrected chi connectivity index (χ1v) is 3.66. The van der Waals surface area contributed by atoms with Crippen LogP contribution < -0.4 is 5.73 Å². The molecule has 13 heavy (non-hydrogen) atoms. The third-order valence-electron chi connectivity index (χ3n) is 2.13. The maximum atomic E-state index is 11.0. The van der Waals surface area contributed by atoms with Crippen molar-refractivity contribution in [1.82, 2.24) is 0 Å². The first-order valence-electron chi connectivity index (χ1n) is 3.66. The molecule has 0 saturated heterocycles. The Labute approximate surface area is 73.1 Å². The second-order valence-electron chi connectivity index (χ2n) is 2.95. The molecule has 0 heterocycles. The molecule has 1 fully saturated rings. The van der Waals surface area contributed by atoms with Gasteiger partial charge in [0.05, 0.1) is 6.04 Å². The van der Waals surface area contributed by atoms with Crippen LogP contribution in [0.5, 0.6) is 0 Å². The van der Waals surface area contributed by atoms with Gasteiger partial charge in [0.2, 0.25) is 0 Å². The fourth-order valence-electron chi connectivity index (χ4n) is 1.26. The molecule has 1 aliphatic carbocycles. The van der Waals surface area contributed by atoms with E-state index in [-0.39, 0.29) is 0 Å². The van der Waals surface area contributed by atoms with Gasteiger partial charge >= 0.3 is 0 Å². The number of ketones is 1. The standard InChI is InChI=1S/C6H10N2O5/c7-1-3(9)2(8-13)5(11)6(12)4(1)10/h1-3,5-6,9,11-12H,7H2/t1?,2-,3?,5?,6?/m1/s1. The van der Waals surface area contributed by atoms with Gasteiger partial charge in [-0.1, -0.05) is 5.18 Å². The fraction of sp³-hybridized carbons (Fsp3) is 0.833. The Morgan fingerprint density at radius 2 is 1.77 bits per heavy atom. The molecule has 5 atom stereocenters. The van der Waals surface area contributed by atoms with Gasteiger partial charge in [0.25, 0.3) is 0 Å². The predicted molar refractivity (Wildman–Crippen MR) is 40.6 cm³/mol. The molecular weight excluding hydrogens is 180 g/mol. The molecule has 0 aromatic rings. The molecule has 1 saturated carbocycles. The maximum Gasteiger partial charge on any atom is 0.183 e. The zero-order valence-corrected chi connectivity index (χ0v) is 6.57. The van der Waals surface area contributed by atoms with E-state index < -0.39 is 36.2 Å². The molecule has 4 unspecified atom stereocenters. The minimum Gasteiger partial charge on any atom is -0.389 e. The van der Waals surface area contributed by atoms with Crippen LogP contribution in [0.1, 0.15) is 0 Å². The van der Waals surface area contributed by atoms with E-state index >= 15 is 0 Å². The summed E-state index contributed by atoms with van der Waals surface area (Å²) in [6.45, 7) is 0. The van der Waals surface area contributed by atoms with Crippen molar-refractivity contribution in [2.24, 2.45) is 10.9 Å². The number of nitroso groups, excluding NO2 is 1. The Hall–Kier alpha value is -0.890. The first-order chi connectivity index (χ1) is 6.00. The Kier molecular flexibility index (Phi) is 2.71. The largest absolute Gasteiger partial charge is 0.389 e. The average molecular weight is 190 g/mol. The van der Waals surface area contributed by atoms with Gasteiger partial charge in [-0.05, 0) is 0 Å². The van der Waals surface area contributed by atoms with E-state index in [9.17, 15) is 14.8 Å². The lowest BCUT2D eigenvalue weighted by molar-refractivity contribution is -0.147. The predicted octanol–water partition coefficient (Wildman–Crippen LogP) is -2.89. The molecule has 0 radical (unpaired) electrons. The van der Waals surface area contributed by atoms with Gasteiger partial charge in [-0.2, -0.15) is 4.91 Å². The molecule has 5 N–H and O–H groups in total. The molecule has 7 heteroatoms. The summed E-state index contributed by atoms with van der Waals surface area (Å²) in [4.78, 5) is 21.1. The van der Waals surface area contributed by atoms with Gasteiger partial charge in [-0.3, -0.25) is 4.79 Å². The summed E-state index contributed by atoms with van der Waals surface area (Å²) in [6.07, 6.45) is -4.97. The van der Waals surface area contributed by atoms with Crippen molar-refractivity contribution in [3.8, 4) is 0 Å². The number of aliphatic hydroxyl groups is 3. The lowest BCUT2D eigenvalue weighted by atomic mass is 9.84. The molecule has 1 aliphatic rings. The molecule has 0 aliphatic heterocycles. The van der Waals surface area contributed by atoms with Crippen LogP contribution in [0.15, 0.2) is 5.18 Å². The van der Waals surface area contributed by atoms with Crippen LogP contribution in [-0.4, -0.2) is 51.5 Å². The average Bonchev–Trinajstić information content (AvgIpc) is 2.13. The Morgan fingerprint density at radius 3 is 2.23 bits per heavy atom. The van der Waals surface area contributed by atoms with Gasteiger partial charge < -0.3 is 21.1 Å². The van der Waals surface area contributed by atoms with Crippen molar-refractivity contribution in [2.45, 2.75) is 30.4 Å². The molecule has 0 bridgehead atoms. The summed E-state index contributed by atoms with van der Waals surface area (Å²) in [7, 11) is 0. The lowest BCUT2D eigenvalue weighted by Crippen LogP contribution is -2.63. The molecule has 1 rings (SSSR count). The van der Waals surface area contributed by atoms with Crippen molar-refractivity contribution >= 4 is 5.78 Å². The molecular formula is C6H10N2O5. The molecule has 7 nitrogen and oxygen atoms in total. The Morgan fingerprint density at radius 1 is 1.23 bits per heavy atom. The third-order valence-corrected chi connectivity index (χ3v) is 2.13. The number of rotatable bonds is 1. The van der Waals surface area contributed by atoms with Crippen LogP contribution in [0.4, 0.5) is 0 Å². The number of carbonyl (C=O) groups excluding carboxylic acids is 1. The monoisotopic (exact) mass is 190 g/mol. The van der Waals surface area contributed by atoms with Gasteiger partial charge in [0.1, 0.15) is 24.4 Å². The van der Waals surface area contributed by atoms with E-state index in [1.807, 2.05) is 0 Å². The van der Waals surface area contributed by atoms with Crippen LogP contribution in [0.3, 0.4) is 0 Å². The Bertz CT molecular complexity index is 215. The third kappa shape index (κ3) is 1.46. The van der Waals surface area contributed by atoms with E-state index in [2.05, 4.69) is 5.18 Å². The summed E-state index contributed by atoms with van der Waals surface area (Å²) in [5.74, 6) is -0.889. The Balaban J connectivity index is 2.91. The summed E-state index contributed by atoms with van der Waals surface area (Å²) in [5.41, 5.74) is 5.17. The highest BCUT2D eigenvalue weighted by molar-refractivity contribution is 5.90. The fourth-order valence-corrected chi connectivity index (χ4v) is 1.26. The number of carbonyl (C=O) groups is 1. The van der Waals surface area contributed by atoms with E-state index in [1.165, 1.54) is 0 Å². The van der Waals surface area contributed by atoms with Crippen molar-refractivity contribution in [3.05, 3.63) is 4.91 Å². The van der Waals surface area contributed by atoms with Crippen LogP contribution in [0.25, 0.3) is 0 Å². The van der Waals surface area contributed by atoms with Crippen LogP contribution in [-0.2, 0) is 4.79 Å². The molecule has 0 amide bonds. The number of nitrogens with two attached hydrogens (primary N) is 1. The van der Waals surface area contributed by atoms with Crippen molar-refractivity contribution < 1.29 is 20.1 Å². The van der Waals surface area contributed by atoms with E-state index in [1.54, 1.807) is 0 Å². The van der Waals surface area contributed by atoms with E-state index in [0.29, 0.717) is 0 Å². The van der Waals surface area contributed by atoms with Gasteiger partial charge in [-0.15, -0.1) is 0 Å². The quantitative estimate of drug-likeness (QED) is 0.328. The number of nitrogens with zero attached hydrogens (tertiary/aromatic N) is 1. The molecule has 74 valence electrons. The van der Waals surface area contributed by atoms with Crippen LogP contribution in [0.2, 0.25) is 0 Å². The molecule has 0 aromatic carbocycles. The minimum absolute atomic E-state index is 0.889. The zero-order valence-electron chi connectivity index (χ0n) is 6.57. The van der Waals surface area contributed by atoms with Crippen LogP contribution in [0, 0.1) is 4.91 Å². The SMILES string of the molecule is NC1C(=O)C(O)C(O)[C@H](N=O)C1O. The van der Waals surface area contributed by atoms with Gasteiger partial charge in [-0.25, -0.2) is 0 Å². The lowest BCUT2D eigenvalue weighted by Gasteiger charge is -2.34. The number of hydrogen-bond acceptors (Lipinski definition) is 7. The number of aliphatic hydroxyl groups excluding tert-OH is 3.